The lowest BCUT2D eigenvalue weighted by Crippen LogP contribution is -2.58. The van der Waals surface area contributed by atoms with Crippen molar-refractivity contribution in [3.8, 4) is 33.4 Å². The lowest BCUT2D eigenvalue weighted by atomic mass is 9.81. The Morgan fingerprint density at radius 1 is 0.365 bits per heavy atom. The van der Waals surface area contributed by atoms with E-state index in [4.69, 9.17) is 0 Å². The van der Waals surface area contributed by atoms with Crippen LogP contribution < -0.4 is 15.3 Å². The van der Waals surface area contributed by atoms with Gasteiger partial charge in [-0.25, -0.2) is 0 Å². The number of hydrogen-bond donors (Lipinski definition) is 0. The molecule has 9 aromatic carbocycles. The zero-order valence-corrected chi connectivity index (χ0v) is 30.3. The molecule has 0 atom stereocenters. The Morgan fingerprint density at radius 2 is 0.846 bits per heavy atom. The lowest BCUT2D eigenvalue weighted by Gasteiger charge is -2.41. The maximum atomic E-state index is 2.51. The van der Waals surface area contributed by atoms with Crippen LogP contribution in [0.3, 0.4) is 0 Å². The van der Waals surface area contributed by atoms with Crippen LogP contribution in [0.1, 0.15) is 0 Å². The van der Waals surface area contributed by atoms with Gasteiger partial charge in [0.05, 0.1) is 0 Å². The van der Waals surface area contributed by atoms with Crippen molar-refractivity contribution in [1.29, 1.82) is 0 Å². The summed E-state index contributed by atoms with van der Waals surface area (Å²) in [7, 11) is -1.90. The van der Waals surface area contributed by atoms with Gasteiger partial charge >= 0.3 is 0 Å². The van der Waals surface area contributed by atoms with Crippen molar-refractivity contribution in [3.63, 3.8) is 0 Å². The van der Waals surface area contributed by atoms with Gasteiger partial charge in [-0.2, -0.15) is 0 Å². The summed E-state index contributed by atoms with van der Waals surface area (Å²) in [4.78, 5) is 2.51. The van der Waals surface area contributed by atoms with E-state index in [-0.39, 0.29) is 0 Å². The van der Waals surface area contributed by atoms with Crippen LogP contribution in [0.15, 0.2) is 188 Å². The van der Waals surface area contributed by atoms with Gasteiger partial charge in [0.15, 0.2) is 0 Å². The number of para-hydroxylation sites is 2. The van der Waals surface area contributed by atoms with Crippen molar-refractivity contribution in [2.24, 2.45) is 0 Å². The Kier molecular flexibility index (Phi) is 7.02. The molecule has 0 aromatic heterocycles. The molecule has 52 heavy (non-hydrogen) atoms. The fraction of sp³-hybridized carbons (Fsp3) is 0.0400. The van der Waals surface area contributed by atoms with Crippen LogP contribution in [0.2, 0.25) is 13.1 Å². The first-order valence-corrected chi connectivity index (χ1v) is 21.2. The Hall–Kier alpha value is -6.22. The highest BCUT2D eigenvalue weighted by molar-refractivity contribution is 7.02. The summed E-state index contributed by atoms with van der Waals surface area (Å²) in [6.45, 7) is 4.98. The van der Waals surface area contributed by atoms with Gasteiger partial charge in [0.25, 0.3) is 0 Å². The van der Waals surface area contributed by atoms with Gasteiger partial charge in [-0.15, -0.1) is 0 Å². The molecule has 246 valence electrons. The van der Waals surface area contributed by atoms with Crippen molar-refractivity contribution < 1.29 is 0 Å². The molecule has 0 spiro atoms. The molecule has 0 N–H and O–H groups in total. The highest BCUT2D eigenvalue weighted by Crippen LogP contribution is 2.50. The van der Waals surface area contributed by atoms with E-state index in [1.165, 1.54) is 93.1 Å². The summed E-state index contributed by atoms with van der Waals surface area (Å²) >= 11 is 0. The molecule has 2 heteroatoms. The number of nitrogens with zero attached hydrogens (tertiary/aromatic N) is 1. The normalized spacial score (nSPS) is 13.3. The van der Waals surface area contributed by atoms with Crippen LogP contribution >= 0.6 is 0 Å². The van der Waals surface area contributed by atoms with Gasteiger partial charge in [0.2, 0.25) is 0 Å². The first kappa shape index (κ1) is 30.6. The highest BCUT2D eigenvalue weighted by atomic mass is 28.3. The van der Waals surface area contributed by atoms with E-state index in [1.807, 2.05) is 0 Å². The van der Waals surface area contributed by atoms with Crippen LogP contribution in [-0.4, -0.2) is 8.07 Å². The minimum Gasteiger partial charge on any atom is -0.311 e. The van der Waals surface area contributed by atoms with Crippen LogP contribution in [0.5, 0.6) is 0 Å². The zero-order valence-electron chi connectivity index (χ0n) is 29.3. The molecule has 9 aromatic rings. The Bertz CT molecular complexity index is 2760. The first-order chi connectivity index (χ1) is 25.6. The molecule has 1 heterocycles. The molecule has 0 unspecified atom stereocenters. The number of rotatable bonds is 4. The maximum absolute atomic E-state index is 2.51. The molecule has 1 aliphatic rings. The Balaban J connectivity index is 1.37. The molecule has 0 aliphatic carbocycles. The van der Waals surface area contributed by atoms with Gasteiger partial charge in [-0.05, 0) is 106 Å². The van der Waals surface area contributed by atoms with Crippen molar-refractivity contribution in [2.75, 3.05) is 4.90 Å². The van der Waals surface area contributed by atoms with E-state index < -0.39 is 8.07 Å². The lowest BCUT2D eigenvalue weighted by molar-refractivity contribution is 1.29. The third kappa shape index (κ3) is 4.61. The number of anilines is 3. The fourth-order valence-corrected chi connectivity index (χ4v) is 11.8. The van der Waals surface area contributed by atoms with Gasteiger partial charge in [0.1, 0.15) is 8.07 Å². The third-order valence-corrected chi connectivity index (χ3v) is 14.8. The molecule has 0 bridgehead atoms. The van der Waals surface area contributed by atoms with Gasteiger partial charge in [-0.1, -0.05) is 171 Å². The third-order valence-electron chi connectivity index (χ3n) is 11.2. The minimum atomic E-state index is -1.90. The van der Waals surface area contributed by atoms with Crippen LogP contribution in [0.25, 0.3) is 65.7 Å². The van der Waals surface area contributed by atoms with Gasteiger partial charge in [-0.3, -0.25) is 0 Å². The van der Waals surface area contributed by atoms with Crippen LogP contribution in [0, 0.1) is 0 Å². The number of hydrogen-bond acceptors (Lipinski definition) is 1. The molecule has 0 saturated heterocycles. The molecule has 10 rings (SSSR count). The van der Waals surface area contributed by atoms with E-state index in [2.05, 4.69) is 206 Å². The average Bonchev–Trinajstić information content (AvgIpc) is 3.21. The molecular formula is C50H37NSi. The topological polar surface area (TPSA) is 3.24 Å². The number of fused-ring (bicyclic) bond motifs is 8. The maximum Gasteiger partial charge on any atom is 0.117 e. The van der Waals surface area contributed by atoms with Crippen molar-refractivity contribution in [1.82, 2.24) is 0 Å². The SMILES string of the molecule is C[Si]1(C)c2ccccc2N(c2ccc3c(c2)c2ccccc2c2c(-c4ccccc4)cc(-c4ccccc4)c(-c4ccccc4)c32)c2ccccc21. The van der Waals surface area contributed by atoms with Crippen LogP contribution in [-0.2, 0) is 0 Å². The van der Waals surface area contributed by atoms with Gasteiger partial charge in [0, 0.05) is 17.1 Å². The van der Waals surface area contributed by atoms with E-state index >= 15 is 0 Å². The zero-order chi connectivity index (χ0) is 34.8. The predicted molar refractivity (Wildman–Crippen MR) is 227 cm³/mol. The van der Waals surface area contributed by atoms with E-state index in [9.17, 15) is 0 Å². The first-order valence-electron chi connectivity index (χ1n) is 18.2. The quantitative estimate of drug-likeness (QED) is 0.132. The van der Waals surface area contributed by atoms with Crippen LogP contribution in [0.4, 0.5) is 17.1 Å². The van der Waals surface area contributed by atoms with E-state index in [0.717, 1.165) is 0 Å². The summed E-state index contributed by atoms with van der Waals surface area (Å²) in [5.74, 6) is 0. The summed E-state index contributed by atoms with van der Waals surface area (Å²) < 4.78 is 0. The second kappa shape index (κ2) is 11.9. The van der Waals surface area contributed by atoms with Crippen molar-refractivity contribution in [3.05, 3.63) is 188 Å². The summed E-state index contributed by atoms with van der Waals surface area (Å²) in [5, 5.41) is 10.6. The molecule has 1 nitrogen and oxygen atoms in total. The monoisotopic (exact) mass is 679 g/mol. The largest absolute Gasteiger partial charge is 0.311 e. The summed E-state index contributed by atoms with van der Waals surface area (Å²) in [6, 6.07) is 69.7. The number of benzene rings is 9. The summed E-state index contributed by atoms with van der Waals surface area (Å²) in [5.41, 5.74) is 11.2. The second-order valence-corrected chi connectivity index (χ2v) is 18.8. The summed E-state index contributed by atoms with van der Waals surface area (Å²) in [6.07, 6.45) is 0. The van der Waals surface area contributed by atoms with Crippen molar-refractivity contribution >= 4 is 67.8 Å². The standard InChI is InChI=1S/C50H37NSi/c1-52(2)46-28-16-14-26-44(46)51(45-27-15-17-29-47(45)52)37-30-31-40-43(32-37)38-24-12-13-25-39(38)49-42(35-20-8-4-9-21-35)33-41(34-18-6-3-7-19-34)48(50(40)49)36-22-10-5-11-23-36/h3-33H,1-2H3. The minimum absolute atomic E-state index is 1.19. The van der Waals surface area contributed by atoms with Gasteiger partial charge < -0.3 is 4.90 Å². The molecule has 0 fully saturated rings. The molecular weight excluding hydrogens is 643 g/mol. The Labute approximate surface area is 306 Å². The smallest absolute Gasteiger partial charge is 0.117 e. The Morgan fingerprint density at radius 3 is 1.46 bits per heavy atom. The van der Waals surface area contributed by atoms with E-state index in [1.54, 1.807) is 0 Å². The second-order valence-electron chi connectivity index (χ2n) is 14.5. The molecule has 0 saturated carbocycles. The molecule has 1 aliphatic heterocycles. The fourth-order valence-electron chi connectivity index (χ4n) is 8.82. The average molecular weight is 680 g/mol. The molecule has 0 radical (unpaired) electrons. The molecule has 0 amide bonds. The highest BCUT2D eigenvalue weighted by Gasteiger charge is 2.38. The van der Waals surface area contributed by atoms with Crippen molar-refractivity contribution in [2.45, 2.75) is 13.1 Å². The predicted octanol–water partition coefficient (Wildman–Crippen LogP) is 12.8. The van der Waals surface area contributed by atoms with E-state index in [0.29, 0.717) is 0 Å².